The molecular weight excluding hydrogens is 274 g/mol. The molecule has 1 fully saturated rings. The number of benzene rings is 1. The molecule has 2 N–H and O–H groups in total. The van der Waals surface area contributed by atoms with Gasteiger partial charge in [-0.1, -0.05) is 12.1 Å². The van der Waals surface area contributed by atoms with E-state index in [0.29, 0.717) is 16.6 Å². The molecule has 0 amide bonds. The fraction of sp³-hybridized carbons (Fsp3) is 0.500. The highest BCUT2D eigenvalue weighted by molar-refractivity contribution is 7.90. The van der Waals surface area contributed by atoms with Crippen LogP contribution in [0.2, 0.25) is 0 Å². The van der Waals surface area contributed by atoms with Crippen LogP contribution in [0.3, 0.4) is 0 Å². The number of fused-ring (bicyclic) bond motifs is 1. The number of rotatable bonds is 2. The molecule has 0 aliphatic carbocycles. The molecular formula is C14H19N3O2S. The lowest BCUT2D eigenvalue weighted by molar-refractivity contribution is 0.259. The summed E-state index contributed by atoms with van der Waals surface area (Å²) in [5.74, 6) is 1.27. The van der Waals surface area contributed by atoms with Gasteiger partial charge in [-0.15, -0.1) is 4.40 Å². The Morgan fingerprint density at radius 3 is 2.65 bits per heavy atom. The third-order valence-corrected chi connectivity index (χ3v) is 5.43. The van der Waals surface area contributed by atoms with Gasteiger partial charge in [-0.2, -0.15) is 8.42 Å². The molecule has 3 rings (SSSR count). The van der Waals surface area contributed by atoms with Crippen LogP contribution >= 0.6 is 0 Å². The predicted octanol–water partition coefficient (Wildman–Crippen LogP) is 1.20. The number of nitrogens with zero attached hydrogens (tertiary/aromatic N) is 2. The van der Waals surface area contributed by atoms with Crippen molar-refractivity contribution < 1.29 is 8.42 Å². The average molecular weight is 293 g/mol. The van der Waals surface area contributed by atoms with Crippen LogP contribution in [0.1, 0.15) is 24.8 Å². The number of piperidine rings is 1. The highest BCUT2D eigenvalue weighted by atomic mass is 32.2. The van der Waals surface area contributed by atoms with Crippen molar-refractivity contribution in [2.24, 2.45) is 16.0 Å². The summed E-state index contributed by atoms with van der Waals surface area (Å²) in [5, 5.41) is 0. The van der Waals surface area contributed by atoms with Gasteiger partial charge in [0.1, 0.15) is 4.90 Å². The molecule has 2 heterocycles. The van der Waals surface area contributed by atoms with E-state index in [1.807, 2.05) is 12.1 Å². The van der Waals surface area contributed by atoms with Crippen LogP contribution in [-0.2, 0) is 10.0 Å². The number of hydrogen-bond donors (Lipinski definition) is 1. The van der Waals surface area contributed by atoms with E-state index in [-0.39, 0.29) is 0 Å². The van der Waals surface area contributed by atoms with Gasteiger partial charge in [0.2, 0.25) is 0 Å². The van der Waals surface area contributed by atoms with E-state index in [1.165, 1.54) is 0 Å². The van der Waals surface area contributed by atoms with Gasteiger partial charge in [0, 0.05) is 18.7 Å². The summed E-state index contributed by atoms with van der Waals surface area (Å²) in [6.07, 6.45) is 3.16. The van der Waals surface area contributed by atoms with Crippen LogP contribution in [0.15, 0.2) is 33.6 Å². The van der Waals surface area contributed by atoms with E-state index < -0.39 is 10.0 Å². The van der Waals surface area contributed by atoms with Gasteiger partial charge in [-0.25, -0.2) is 0 Å². The van der Waals surface area contributed by atoms with Gasteiger partial charge >= 0.3 is 0 Å². The highest BCUT2D eigenvalue weighted by Crippen LogP contribution is 2.30. The van der Waals surface area contributed by atoms with Crippen molar-refractivity contribution in [2.45, 2.75) is 24.2 Å². The lowest BCUT2D eigenvalue weighted by Crippen LogP contribution is -2.38. The summed E-state index contributed by atoms with van der Waals surface area (Å²) in [6, 6.07) is 7.06. The molecule has 0 spiro atoms. The van der Waals surface area contributed by atoms with Gasteiger partial charge in [-0.05, 0) is 43.9 Å². The highest BCUT2D eigenvalue weighted by Gasteiger charge is 2.32. The summed E-state index contributed by atoms with van der Waals surface area (Å²) in [5.41, 5.74) is 6.34. The van der Waals surface area contributed by atoms with E-state index in [1.54, 1.807) is 12.1 Å². The monoisotopic (exact) mass is 293 g/mol. The summed E-state index contributed by atoms with van der Waals surface area (Å²) in [6.45, 7) is 2.43. The lowest BCUT2D eigenvalue weighted by atomic mass is 9.93. The molecule has 6 heteroatoms. The quantitative estimate of drug-likeness (QED) is 0.889. The van der Waals surface area contributed by atoms with Gasteiger partial charge < -0.3 is 10.6 Å². The first-order valence-corrected chi connectivity index (χ1v) is 8.45. The molecule has 2 aliphatic rings. The largest absolute Gasteiger partial charge is 0.355 e. The third kappa shape index (κ3) is 2.33. The van der Waals surface area contributed by atoms with Gasteiger partial charge in [-0.3, -0.25) is 0 Å². The zero-order chi connectivity index (χ0) is 14.2. The Bertz CT molecular complexity index is 632. The second-order valence-electron chi connectivity index (χ2n) is 5.39. The SMILES string of the molecule is NCCC1CCN(C2=NS(=O)(=O)c3ccccc32)CC1. The van der Waals surface area contributed by atoms with Crippen molar-refractivity contribution in [1.82, 2.24) is 4.90 Å². The minimum Gasteiger partial charge on any atom is -0.355 e. The smallest absolute Gasteiger partial charge is 0.285 e. The van der Waals surface area contributed by atoms with Crippen LogP contribution < -0.4 is 5.73 Å². The van der Waals surface area contributed by atoms with Gasteiger partial charge in [0.05, 0.1) is 0 Å². The minimum atomic E-state index is -3.50. The first-order valence-electron chi connectivity index (χ1n) is 7.01. The maximum Gasteiger partial charge on any atom is 0.285 e. The third-order valence-electron chi connectivity index (χ3n) is 4.10. The van der Waals surface area contributed by atoms with Crippen molar-refractivity contribution >= 4 is 15.9 Å². The topological polar surface area (TPSA) is 75.8 Å². The first-order chi connectivity index (χ1) is 9.62. The second-order valence-corrected chi connectivity index (χ2v) is 6.97. The molecule has 0 atom stereocenters. The normalized spacial score (nSPS) is 21.6. The predicted molar refractivity (Wildman–Crippen MR) is 78.1 cm³/mol. The molecule has 0 saturated carbocycles. The summed E-state index contributed by atoms with van der Waals surface area (Å²) in [4.78, 5) is 2.43. The van der Waals surface area contributed by atoms with Gasteiger partial charge in [0.15, 0.2) is 5.84 Å². The fourth-order valence-electron chi connectivity index (χ4n) is 2.99. The van der Waals surface area contributed by atoms with E-state index in [4.69, 9.17) is 5.73 Å². The molecule has 108 valence electrons. The number of nitrogens with two attached hydrogens (primary N) is 1. The Labute approximate surface area is 119 Å². The molecule has 2 aliphatic heterocycles. The van der Waals surface area contributed by atoms with Crippen LogP contribution in [0, 0.1) is 5.92 Å². The molecule has 20 heavy (non-hydrogen) atoms. The van der Waals surface area contributed by atoms with Crippen LogP contribution in [0.25, 0.3) is 0 Å². The first kappa shape index (κ1) is 13.6. The number of likely N-dealkylation sites (tertiary alicyclic amines) is 1. The Kier molecular flexibility index (Phi) is 3.52. The van der Waals surface area contributed by atoms with E-state index in [9.17, 15) is 8.42 Å². The number of amidine groups is 1. The lowest BCUT2D eigenvalue weighted by Gasteiger charge is -2.33. The molecule has 0 aromatic heterocycles. The molecule has 1 aromatic carbocycles. The molecule has 5 nitrogen and oxygen atoms in total. The zero-order valence-electron chi connectivity index (χ0n) is 11.3. The summed E-state index contributed by atoms with van der Waals surface area (Å²) < 4.78 is 28.1. The van der Waals surface area contributed by atoms with Crippen molar-refractivity contribution in [3.05, 3.63) is 29.8 Å². The van der Waals surface area contributed by atoms with Crippen LogP contribution in [0.5, 0.6) is 0 Å². The van der Waals surface area contributed by atoms with Crippen LogP contribution in [0.4, 0.5) is 0 Å². The Balaban J connectivity index is 1.83. The maximum atomic E-state index is 12.0. The Hall–Kier alpha value is -1.40. The van der Waals surface area contributed by atoms with Gasteiger partial charge in [0.25, 0.3) is 10.0 Å². The average Bonchev–Trinajstić information content (AvgIpc) is 2.73. The van der Waals surface area contributed by atoms with Crippen LogP contribution in [-0.4, -0.2) is 38.8 Å². The molecule has 1 saturated heterocycles. The zero-order valence-corrected chi connectivity index (χ0v) is 12.1. The fourth-order valence-corrected chi connectivity index (χ4v) is 4.21. The second kappa shape index (κ2) is 5.18. The summed E-state index contributed by atoms with van der Waals surface area (Å²) in [7, 11) is -3.50. The molecule has 0 bridgehead atoms. The maximum absolute atomic E-state index is 12.0. The van der Waals surface area contributed by atoms with Crippen molar-refractivity contribution in [2.75, 3.05) is 19.6 Å². The van der Waals surface area contributed by atoms with Crippen molar-refractivity contribution in [3.8, 4) is 0 Å². The summed E-state index contributed by atoms with van der Waals surface area (Å²) >= 11 is 0. The Morgan fingerprint density at radius 1 is 1.25 bits per heavy atom. The molecule has 0 radical (unpaired) electrons. The number of sulfonamides is 1. The van der Waals surface area contributed by atoms with Crippen molar-refractivity contribution in [3.63, 3.8) is 0 Å². The standard InChI is InChI=1S/C14H19N3O2S/c15-8-5-11-6-9-17(10-7-11)14-12-3-1-2-4-13(12)20(18,19)16-14/h1-4,11H,5-10,15H2. The Morgan fingerprint density at radius 2 is 1.95 bits per heavy atom. The molecule has 0 unspecified atom stereocenters. The molecule has 1 aromatic rings. The van der Waals surface area contributed by atoms with E-state index >= 15 is 0 Å². The van der Waals surface area contributed by atoms with E-state index in [0.717, 1.165) is 44.5 Å². The number of hydrogen-bond acceptors (Lipinski definition) is 4. The minimum absolute atomic E-state index is 0.332. The van der Waals surface area contributed by atoms with Crippen molar-refractivity contribution in [1.29, 1.82) is 0 Å². The van der Waals surface area contributed by atoms with E-state index in [2.05, 4.69) is 9.30 Å².